The third-order valence-electron chi connectivity index (χ3n) is 5.37. The van der Waals surface area contributed by atoms with E-state index in [-0.39, 0.29) is 4.90 Å². The number of rotatable bonds is 4. The number of hydrogen-bond donors (Lipinski definition) is 0. The number of ether oxygens (including phenoxy) is 1. The maximum atomic E-state index is 11.5. The number of aromatic nitrogens is 3. The highest BCUT2D eigenvalue weighted by atomic mass is 32.2. The highest BCUT2D eigenvalue weighted by molar-refractivity contribution is 7.79. The first-order valence-corrected chi connectivity index (χ1v) is 10.9. The molecule has 2 aliphatic heterocycles. The standard InChI is InChI=1S/C21H21N5O3S/c27-30(28)17-5-1-3-15(13-17)19-18-6-8-26(16-4-2-7-22-14-16)20(18)24-21(23-19)25-9-11-29-12-10-25/h1-5,7,13-14H,6,8-12H2,(H,27,28)/p-1. The molecule has 0 N–H and O–H groups in total. The Morgan fingerprint density at radius 1 is 1.07 bits per heavy atom. The van der Waals surface area contributed by atoms with Crippen LogP contribution in [0.5, 0.6) is 0 Å². The highest BCUT2D eigenvalue weighted by Gasteiger charge is 2.29. The summed E-state index contributed by atoms with van der Waals surface area (Å²) in [7, 11) is 0. The quantitative estimate of drug-likeness (QED) is 0.591. The number of hydrogen-bond acceptors (Lipinski definition) is 8. The van der Waals surface area contributed by atoms with Gasteiger partial charge in [-0.25, -0.2) is 4.98 Å². The SMILES string of the molecule is O=S([O-])c1cccc(-c2nc(N3CCOCC3)nc3c2CCN3c2cccnc2)c1. The molecule has 1 atom stereocenters. The van der Waals surface area contributed by atoms with Gasteiger partial charge in [0.15, 0.2) is 0 Å². The molecule has 8 nitrogen and oxygen atoms in total. The van der Waals surface area contributed by atoms with Crippen molar-refractivity contribution in [1.82, 2.24) is 15.0 Å². The molecule has 5 rings (SSSR count). The van der Waals surface area contributed by atoms with Crippen molar-refractivity contribution in [3.63, 3.8) is 0 Å². The summed E-state index contributed by atoms with van der Waals surface area (Å²) in [6.45, 7) is 3.47. The Morgan fingerprint density at radius 3 is 2.70 bits per heavy atom. The summed E-state index contributed by atoms with van der Waals surface area (Å²) in [5.74, 6) is 1.49. The van der Waals surface area contributed by atoms with Crippen LogP contribution in [-0.4, -0.2) is 56.6 Å². The minimum atomic E-state index is -2.30. The van der Waals surface area contributed by atoms with Gasteiger partial charge in [-0.15, -0.1) is 0 Å². The van der Waals surface area contributed by atoms with Crippen LogP contribution in [0.3, 0.4) is 0 Å². The molecule has 9 heteroatoms. The summed E-state index contributed by atoms with van der Waals surface area (Å²) in [5, 5.41) is 0. The van der Waals surface area contributed by atoms with Gasteiger partial charge in [-0.1, -0.05) is 12.1 Å². The van der Waals surface area contributed by atoms with Gasteiger partial charge in [0, 0.05) is 41.9 Å². The largest absolute Gasteiger partial charge is 0.768 e. The second-order valence-electron chi connectivity index (χ2n) is 7.15. The Labute approximate surface area is 176 Å². The summed E-state index contributed by atoms with van der Waals surface area (Å²) in [4.78, 5) is 18.5. The molecule has 2 aliphatic rings. The van der Waals surface area contributed by atoms with Gasteiger partial charge in [0.1, 0.15) is 5.82 Å². The summed E-state index contributed by atoms with van der Waals surface area (Å²) in [6, 6.07) is 10.8. The second-order valence-corrected chi connectivity index (χ2v) is 8.09. The summed E-state index contributed by atoms with van der Waals surface area (Å²) in [5.41, 5.74) is 3.55. The molecule has 0 spiro atoms. The van der Waals surface area contributed by atoms with Crippen molar-refractivity contribution in [2.75, 3.05) is 42.6 Å². The molecule has 154 valence electrons. The van der Waals surface area contributed by atoms with Crippen molar-refractivity contribution in [2.24, 2.45) is 0 Å². The molecule has 0 bridgehead atoms. The fourth-order valence-electron chi connectivity index (χ4n) is 3.90. The maximum Gasteiger partial charge on any atom is 0.228 e. The first kappa shape index (κ1) is 19.1. The van der Waals surface area contributed by atoms with Gasteiger partial charge < -0.3 is 19.1 Å². The fraction of sp³-hybridized carbons (Fsp3) is 0.286. The van der Waals surface area contributed by atoms with Crippen molar-refractivity contribution in [3.8, 4) is 11.3 Å². The van der Waals surface area contributed by atoms with Crippen molar-refractivity contribution in [2.45, 2.75) is 11.3 Å². The lowest BCUT2D eigenvalue weighted by molar-refractivity contribution is 0.122. The molecule has 1 aromatic carbocycles. The zero-order chi connectivity index (χ0) is 20.5. The van der Waals surface area contributed by atoms with E-state index in [0.717, 1.165) is 54.4 Å². The van der Waals surface area contributed by atoms with Crippen molar-refractivity contribution < 1.29 is 13.5 Å². The average molecular weight is 422 g/mol. The molecule has 1 fully saturated rings. The normalized spacial score (nSPS) is 17.1. The van der Waals surface area contributed by atoms with E-state index >= 15 is 0 Å². The third kappa shape index (κ3) is 3.55. The summed E-state index contributed by atoms with van der Waals surface area (Å²) in [6.07, 6.45) is 4.35. The molecular formula is C21H20N5O3S-. The lowest BCUT2D eigenvalue weighted by atomic mass is 10.1. The van der Waals surface area contributed by atoms with Crippen LogP contribution in [0.1, 0.15) is 5.56 Å². The van der Waals surface area contributed by atoms with Gasteiger partial charge >= 0.3 is 0 Å². The lowest BCUT2D eigenvalue weighted by Crippen LogP contribution is -2.37. The van der Waals surface area contributed by atoms with E-state index in [2.05, 4.69) is 14.8 Å². The lowest BCUT2D eigenvalue weighted by Gasteiger charge is -2.28. The molecule has 1 saturated heterocycles. The van der Waals surface area contributed by atoms with E-state index in [4.69, 9.17) is 14.7 Å². The number of pyridine rings is 1. The van der Waals surface area contributed by atoms with E-state index in [1.165, 1.54) is 0 Å². The summed E-state index contributed by atoms with van der Waals surface area (Å²) >= 11 is -2.30. The van der Waals surface area contributed by atoms with Crippen molar-refractivity contribution in [1.29, 1.82) is 0 Å². The molecular weight excluding hydrogens is 402 g/mol. The highest BCUT2D eigenvalue weighted by Crippen LogP contribution is 2.39. The van der Waals surface area contributed by atoms with Crippen LogP contribution < -0.4 is 9.80 Å². The summed E-state index contributed by atoms with van der Waals surface area (Å²) < 4.78 is 28.5. The van der Waals surface area contributed by atoms with Crippen LogP contribution in [0, 0.1) is 0 Å². The first-order valence-electron chi connectivity index (χ1n) is 9.81. The molecule has 0 aliphatic carbocycles. The monoisotopic (exact) mass is 422 g/mol. The molecule has 2 aromatic heterocycles. The van der Waals surface area contributed by atoms with Crippen molar-refractivity contribution >= 4 is 28.5 Å². The number of anilines is 3. The Bertz CT molecular complexity index is 1090. The number of nitrogens with zero attached hydrogens (tertiary/aromatic N) is 5. The zero-order valence-electron chi connectivity index (χ0n) is 16.2. The van der Waals surface area contributed by atoms with E-state index in [0.29, 0.717) is 19.2 Å². The Hall–Kier alpha value is -2.88. The molecule has 0 saturated carbocycles. The molecule has 4 heterocycles. The molecule has 0 amide bonds. The van der Waals surface area contributed by atoms with Crippen LogP contribution in [0.4, 0.5) is 17.5 Å². The topological polar surface area (TPSA) is 94.5 Å². The Kier molecular flexibility index (Phi) is 5.16. The van der Waals surface area contributed by atoms with Crippen LogP contribution in [-0.2, 0) is 22.2 Å². The molecule has 0 radical (unpaired) electrons. The smallest absolute Gasteiger partial charge is 0.228 e. The van der Waals surface area contributed by atoms with Gasteiger partial charge in [-0.2, -0.15) is 4.98 Å². The first-order chi connectivity index (χ1) is 14.7. The number of fused-ring (bicyclic) bond motifs is 1. The van der Waals surface area contributed by atoms with E-state index in [1.54, 1.807) is 24.4 Å². The fourth-order valence-corrected chi connectivity index (χ4v) is 4.31. The van der Waals surface area contributed by atoms with Gasteiger partial charge in [-0.3, -0.25) is 9.19 Å². The molecule has 1 unspecified atom stereocenters. The predicted octanol–water partition coefficient (Wildman–Crippen LogP) is 2.31. The van der Waals surface area contributed by atoms with Gasteiger partial charge in [0.05, 0.1) is 30.8 Å². The van der Waals surface area contributed by atoms with Gasteiger partial charge in [-0.05, 0) is 41.8 Å². The van der Waals surface area contributed by atoms with E-state index in [1.807, 2.05) is 24.4 Å². The van der Waals surface area contributed by atoms with E-state index in [9.17, 15) is 8.76 Å². The van der Waals surface area contributed by atoms with Crippen LogP contribution >= 0.6 is 0 Å². The molecule has 3 aromatic rings. The van der Waals surface area contributed by atoms with Crippen LogP contribution in [0.15, 0.2) is 53.7 Å². The third-order valence-corrected chi connectivity index (χ3v) is 6.00. The van der Waals surface area contributed by atoms with Crippen molar-refractivity contribution in [3.05, 3.63) is 54.4 Å². The Morgan fingerprint density at radius 2 is 1.93 bits per heavy atom. The molecule has 30 heavy (non-hydrogen) atoms. The number of morpholine rings is 1. The van der Waals surface area contributed by atoms with Gasteiger partial charge in [0.2, 0.25) is 5.95 Å². The minimum Gasteiger partial charge on any atom is -0.768 e. The minimum absolute atomic E-state index is 0.245. The average Bonchev–Trinajstić information content (AvgIpc) is 3.24. The second kappa shape index (κ2) is 8.10. The zero-order valence-corrected chi connectivity index (χ0v) is 17.0. The van der Waals surface area contributed by atoms with E-state index < -0.39 is 11.1 Å². The maximum absolute atomic E-state index is 11.5. The van der Waals surface area contributed by atoms with Gasteiger partial charge in [0.25, 0.3) is 0 Å². The van der Waals surface area contributed by atoms with Crippen LogP contribution in [0.2, 0.25) is 0 Å². The predicted molar refractivity (Wildman–Crippen MR) is 113 cm³/mol. The Balaban J connectivity index is 1.66. The number of benzene rings is 1. The van der Waals surface area contributed by atoms with Crippen LogP contribution in [0.25, 0.3) is 11.3 Å².